The normalized spacial score (nSPS) is 29.3. The van der Waals surface area contributed by atoms with Crippen LogP contribution in [0.1, 0.15) is 38.5 Å². The molecule has 3 aliphatic rings. The summed E-state index contributed by atoms with van der Waals surface area (Å²) in [7, 11) is 0. The first-order chi connectivity index (χ1) is 9.81. The summed E-state index contributed by atoms with van der Waals surface area (Å²) in [6.45, 7) is 2.39. The monoisotopic (exact) mass is 270 g/mol. The van der Waals surface area contributed by atoms with E-state index in [-0.39, 0.29) is 0 Å². The molecule has 4 rings (SSSR count). The number of hydrogen-bond acceptors (Lipinski definition) is 3. The molecule has 20 heavy (non-hydrogen) atoms. The predicted molar refractivity (Wildman–Crippen MR) is 81.4 cm³/mol. The lowest BCUT2D eigenvalue weighted by Crippen LogP contribution is -2.43. The highest BCUT2D eigenvalue weighted by Crippen LogP contribution is 2.38. The van der Waals surface area contributed by atoms with Crippen LogP contribution in [0.2, 0.25) is 0 Å². The van der Waals surface area contributed by atoms with E-state index in [0.717, 1.165) is 12.8 Å². The number of nitrogens with zero attached hydrogens (tertiary/aromatic N) is 2. The van der Waals surface area contributed by atoms with Gasteiger partial charge in [-0.1, -0.05) is 0 Å². The second kappa shape index (κ2) is 4.80. The number of fused-ring (bicyclic) bond motifs is 2. The molecule has 2 bridgehead atoms. The summed E-state index contributed by atoms with van der Waals surface area (Å²) in [4.78, 5) is 16.7. The van der Waals surface area contributed by atoms with Gasteiger partial charge in [-0.05, 0) is 49.9 Å². The van der Waals surface area contributed by atoms with Crippen LogP contribution in [0.3, 0.4) is 0 Å². The molecular formula is C17H22N2O. The molecule has 0 N–H and O–H groups in total. The first kappa shape index (κ1) is 12.2. The minimum absolute atomic E-state index is 0.457. The highest BCUT2D eigenvalue weighted by Gasteiger charge is 2.40. The molecule has 1 aromatic rings. The van der Waals surface area contributed by atoms with Gasteiger partial charge in [-0.2, -0.15) is 0 Å². The van der Waals surface area contributed by atoms with Gasteiger partial charge in [0.2, 0.25) is 0 Å². The maximum absolute atomic E-state index is 11.7. The second-order valence-electron chi connectivity index (χ2n) is 6.45. The zero-order chi connectivity index (χ0) is 13.5. The minimum Gasteiger partial charge on any atom is -0.372 e. The number of carbonyl (C=O) groups is 1. The van der Waals surface area contributed by atoms with Crippen LogP contribution in [0.5, 0.6) is 0 Å². The van der Waals surface area contributed by atoms with Crippen molar-refractivity contribution in [3.05, 3.63) is 24.3 Å². The smallest absolute Gasteiger partial charge is 0.137 e. The molecule has 3 aliphatic heterocycles. The average molecular weight is 270 g/mol. The zero-order valence-corrected chi connectivity index (χ0v) is 11.9. The summed E-state index contributed by atoms with van der Waals surface area (Å²) in [5.41, 5.74) is 2.67. The fourth-order valence-electron chi connectivity index (χ4n) is 4.20. The Bertz CT molecular complexity index is 488. The van der Waals surface area contributed by atoms with Gasteiger partial charge in [0.1, 0.15) is 5.78 Å². The summed E-state index contributed by atoms with van der Waals surface area (Å²) in [5.74, 6) is 0.461. The Labute approximate surface area is 120 Å². The number of carbonyl (C=O) groups excluding carboxylic acids is 1. The molecule has 3 saturated heterocycles. The van der Waals surface area contributed by atoms with Crippen LogP contribution >= 0.6 is 0 Å². The fourth-order valence-corrected chi connectivity index (χ4v) is 4.20. The third-order valence-corrected chi connectivity index (χ3v) is 5.17. The molecule has 0 saturated carbocycles. The zero-order valence-electron chi connectivity index (χ0n) is 11.9. The number of ketones is 1. The van der Waals surface area contributed by atoms with Crippen LogP contribution in [0.15, 0.2) is 24.3 Å². The molecule has 106 valence electrons. The van der Waals surface area contributed by atoms with E-state index in [4.69, 9.17) is 0 Å². The molecule has 3 heteroatoms. The van der Waals surface area contributed by atoms with Gasteiger partial charge >= 0.3 is 0 Å². The van der Waals surface area contributed by atoms with Crippen molar-refractivity contribution in [1.82, 2.24) is 0 Å². The number of rotatable bonds is 2. The summed E-state index contributed by atoms with van der Waals surface area (Å²) in [5, 5.41) is 0. The average Bonchev–Trinajstić information content (AvgIpc) is 3.07. The Morgan fingerprint density at radius 3 is 2.00 bits per heavy atom. The molecule has 3 heterocycles. The molecular weight excluding hydrogens is 248 g/mol. The lowest BCUT2D eigenvalue weighted by Gasteiger charge is -2.36. The number of hydrogen-bond donors (Lipinski definition) is 0. The van der Waals surface area contributed by atoms with Gasteiger partial charge in [0.25, 0.3) is 0 Å². The summed E-state index contributed by atoms with van der Waals surface area (Å²) < 4.78 is 0. The molecule has 0 aliphatic carbocycles. The van der Waals surface area contributed by atoms with Crippen molar-refractivity contribution in [3.63, 3.8) is 0 Å². The van der Waals surface area contributed by atoms with E-state index in [9.17, 15) is 4.79 Å². The topological polar surface area (TPSA) is 23.6 Å². The van der Waals surface area contributed by atoms with Crippen LogP contribution in [-0.2, 0) is 4.79 Å². The van der Waals surface area contributed by atoms with Crippen LogP contribution in [0, 0.1) is 0 Å². The van der Waals surface area contributed by atoms with Gasteiger partial charge in [0.05, 0.1) is 0 Å². The summed E-state index contributed by atoms with van der Waals surface area (Å²) in [6.07, 6.45) is 6.52. The Hall–Kier alpha value is -1.51. The van der Waals surface area contributed by atoms with Gasteiger partial charge in [-0.25, -0.2) is 0 Å². The number of benzene rings is 1. The summed E-state index contributed by atoms with van der Waals surface area (Å²) >= 11 is 0. The fraction of sp³-hybridized carbons (Fsp3) is 0.588. The van der Waals surface area contributed by atoms with Crippen molar-refractivity contribution in [1.29, 1.82) is 0 Å². The van der Waals surface area contributed by atoms with E-state index in [1.54, 1.807) is 0 Å². The van der Waals surface area contributed by atoms with Gasteiger partial charge in [0, 0.05) is 49.4 Å². The Balaban J connectivity index is 1.55. The lowest BCUT2D eigenvalue weighted by atomic mass is 10.0. The van der Waals surface area contributed by atoms with Crippen molar-refractivity contribution < 1.29 is 4.79 Å². The third kappa shape index (κ3) is 2.00. The first-order valence-electron chi connectivity index (χ1n) is 7.96. The van der Waals surface area contributed by atoms with Crippen LogP contribution in [0.25, 0.3) is 0 Å². The van der Waals surface area contributed by atoms with Crippen molar-refractivity contribution in [2.45, 2.75) is 50.6 Å². The maximum atomic E-state index is 11.7. The van der Waals surface area contributed by atoms with E-state index in [2.05, 4.69) is 34.1 Å². The van der Waals surface area contributed by atoms with E-state index >= 15 is 0 Å². The van der Waals surface area contributed by atoms with E-state index in [1.165, 1.54) is 50.1 Å². The molecule has 0 aromatic heterocycles. The molecule has 1 aromatic carbocycles. The SMILES string of the molecule is O=C1CC2CCC(C1)N2c1ccc(N2CCCC2)cc1. The van der Waals surface area contributed by atoms with Gasteiger partial charge < -0.3 is 9.80 Å². The highest BCUT2D eigenvalue weighted by atomic mass is 16.1. The second-order valence-corrected chi connectivity index (χ2v) is 6.45. The number of anilines is 2. The van der Waals surface area contributed by atoms with E-state index < -0.39 is 0 Å². The molecule has 2 atom stereocenters. The lowest BCUT2D eigenvalue weighted by molar-refractivity contribution is -0.120. The van der Waals surface area contributed by atoms with Crippen LogP contribution in [0.4, 0.5) is 11.4 Å². The van der Waals surface area contributed by atoms with Crippen molar-refractivity contribution in [2.75, 3.05) is 22.9 Å². The Morgan fingerprint density at radius 2 is 1.40 bits per heavy atom. The number of Topliss-reactive ketones (excluding diaryl/α,β-unsaturated/α-hetero) is 1. The molecule has 0 radical (unpaired) electrons. The molecule has 3 nitrogen and oxygen atoms in total. The van der Waals surface area contributed by atoms with Crippen molar-refractivity contribution in [3.8, 4) is 0 Å². The molecule has 3 fully saturated rings. The largest absolute Gasteiger partial charge is 0.372 e. The van der Waals surface area contributed by atoms with E-state index in [1.807, 2.05) is 0 Å². The first-order valence-corrected chi connectivity index (χ1v) is 7.96. The standard InChI is InChI=1S/C17H22N2O/c20-17-11-15-7-8-16(12-17)19(15)14-5-3-13(4-6-14)18-9-1-2-10-18/h3-6,15-16H,1-2,7-12H2. The predicted octanol–water partition coefficient (Wildman–Crippen LogP) is 2.99. The molecule has 0 amide bonds. The molecule has 0 spiro atoms. The molecule has 2 unspecified atom stereocenters. The highest BCUT2D eigenvalue weighted by molar-refractivity contribution is 5.83. The Kier molecular flexibility index (Phi) is 2.94. The van der Waals surface area contributed by atoms with Gasteiger partial charge in [0.15, 0.2) is 0 Å². The number of piperidine rings is 1. The van der Waals surface area contributed by atoms with Crippen molar-refractivity contribution in [2.24, 2.45) is 0 Å². The van der Waals surface area contributed by atoms with Gasteiger partial charge in [-0.15, -0.1) is 0 Å². The summed E-state index contributed by atoms with van der Waals surface area (Å²) in [6, 6.07) is 9.95. The van der Waals surface area contributed by atoms with Crippen LogP contribution < -0.4 is 9.80 Å². The minimum atomic E-state index is 0.457. The third-order valence-electron chi connectivity index (χ3n) is 5.17. The van der Waals surface area contributed by atoms with Crippen molar-refractivity contribution >= 4 is 17.2 Å². The quantitative estimate of drug-likeness (QED) is 0.825. The maximum Gasteiger partial charge on any atom is 0.137 e. The van der Waals surface area contributed by atoms with E-state index in [0.29, 0.717) is 17.9 Å². The van der Waals surface area contributed by atoms with Gasteiger partial charge in [-0.3, -0.25) is 4.79 Å². The van der Waals surface area contributed by atoms with Crippen LogP contribution in [-0.4, -0.2) is 31.0 Å². The Morgan fingerprint density at radius 1 is 0.850 bits per heavy atom.